The van der Waals surface area contributed by atoms with E-state index in [2.05, 4.69) is 30.4 Å². The molecular formula is C25H24FN9O. The third-order valence-electron chi connectivity index (χ3n) is 6.47. The van der Waals surface area contributed by atoms with E-state index in [0.717, 1.165) is 34.6 Å². The summed E-state index contributed by atoms with van der Waals surface area (Å²) in [4.78, 5) is 34.2. The molecule has 0 saturated carbocycles. The molecule has 2 aromatic heterocycles. The minimum Gasteiger partial charge on any atom is -0.338 e. The van der Waals surface area contributed by atoms with Gasteiger partial charge in [0.25, 0.3) is 0 Å². The molecule has 0 bridgehead atoms. The van der Waals surface area contributed by atoms with Crippen molar-refractivity contribution in [1.29, 1.82) is 0 Å². The number of nitrogens with one attached hydrogen (secondary N) is 1. The van der Waals surface area contributed by atoms with Crippen LogP contribution < -0.4 is 20.9 Å². The quantitative estimate of drug-likeness (QED) is 0.475. The van der Waals surface area contributed by atoms with Crippen molar-refractivity contribution in [3.05, 3.63) is 76.6 Å². The number of fused-ring (bicyclic) bond motifs is 2. The summed E-state index contributed by atoms with van der Waals surface area (Å²) in [5, 5.41) is 10.0. The minimum atomic E-state index is -0.291. The number of aryl methyl sites for hydroxylation is 1. The monoisotopic (exact) mass is 485 g/mol. The van der Waals surface area contributed by atoms with Gasteiger partial charge in [-0.05, 0) is 48.7 Å². The molecule has 182 valence electrons. The van der Waals surface area contributed by atoms with E-state index >= 15 is 0 Å². The van der Waals surface area contributed by atoms with E-state index in [0.29, 0.717) is 49.1 Å². The maximum absolute atomic E-state index is 14.1. The van der Waals surface area contributed by atoms with Crippen LogP contribution in [-0.2, 0) is 6.54 Å². The highest BCUT2D eigenvalue weighted by molar-refractivity contribution is 5.87. The van der Waals surface area contributed by atoms with E-state index in [1.54, 1.807) is 28.8 Å². The van der Waals surface area contributed by atoms with Crippen LogP contribution in [0.3, 0.4) is 0 Å². The van der Waals surface area contributed by atoms with Crippen LogP contribution >= 0.6 is 0 Å². The molecule has 0 radical (unpaired) electrons. The lowest BCUT2D eigenvalue weighted by Crippen LogP contribution is -2.51. The van der Waals surface area contributed by atoms with Crippen molar-refractivity contribution >= 4 is 22.9 Å². The van der Waals surface area contributed by atoms with E-state index in [4.69, 9.17) is 0 Å². The third kappa shape index (κ3) is 4.12. The van der Waals surface area contributed by atoms with Gasteiger partial charge in [-0.1, -0.05) is 12.1 Å². The van der Waals surface area contributed by atoms with E-state index in [-0.39, 0.29) is 11.8 Å². The third-order valence-corrected chi connectivity index (χ3v) is 6.47. The summed E-state index contributed by atoms with van der Waals surface area (Å²) in [5.41, 5.74) is 2.67. The molecule has 0 unspecified atom stereocenters. The fourth-order valence-electron chi connectivity index (χ4n) is 4.49. The van der Waals surface area contributed by atoms with Crippen LogP contribution in [0.15, 0.2) is 58.9 Å². The molecule has 0 aliphatic carbocycles. The molecule has 1 fully saturated rings. The Morgan fingerprint density at radius 3 is 2.86 bits per heavy atom. The largest absolute Gasteiger partial charge is 0.338 e. The number of hydrogen-bond acceptors (Lipinski definition) is 7. The first kappa shape index (κ1) is 22.1. The van der Waals surface area contributed by atoms with Crippen molar-refractivity contribution in [2.75, 3.05) is 31.3 Å². The Bertz CT molecular complexity index is 1600. The summed E-state index contributed by atoms with van der Waals surface area (Å²) in [6.45, 7) is 4.38. The number of carbonyl (C=O) groups is 1. The summed E-state index contributed by atoms with van der Waals surface area (Å²) >= 11 is 0. The molecule has 36 heavy (non-hydrogen) atoms. The van der Waals surface area contributed by atoms with Gasteiger partial charge in [0, 0.05) is 25.8 Å². The van der Waals surface area contributed by atoms with E-state index < -0.39 is 0 Å². The van der Waals surface area contributed by atoms with Gasteiger partial charge < -0.3 is 15.1 Å². The highest BCUT2D eigenvalue weighted by atomic mass is 19.1. The second kappa shape index (κ2) is 8.99. The number of hydrogen-bond donors (Lipinski definition) is 1. The summed E-state index contributed by atoms with van der Waals surface area (Å²) in [6, 6.07) is 10.7. The highest BCUT2D eigenvalue weighted by Crippen LogP contribution is 2.26. The Hall–Kier alpha value is -4.41. The molecule has 2 aromatic carbocycles. The van der Waals surface area contributed by atoms with Crippen LogP contribution in [0.4, 0.5) is 15.0 Å². The number of amides is 2. The molecule has 2 aliphatic rings. The van der Waals surface area contributed by atoms with Crippen molar-refractivity contribution in [3.8, 4) is 5.69 Å². The molecule has 0 spiro atoms. The summed E-state index contributed by atoms with van der Waals surface area (Å²) in [5.74, 6) is 0.403. The number of carbonyl (C=O) groups excluding carboxylic acids is 1. The first-order valence-electron chi connectivity index (χ1n) is 11.8. The molecule has 11 heteroatoms. The van der Waals surface area contributed by atoms with Crippen molar-refractivity contribution in [2.45, 2.75) is 19.9 Å². The Balaban J connectivity index is 1.19. The number of aromatic nitrogens is 4. The molecular weight excluding hydrogens is 461 g/mol. The van der Waals surface area contributed by atoms with Gasteiger partial charge >= 0.3 is 6.03 Å². The Morgan fingerprint density at radius 2 is 1.97 bits per heavy atom. The normalized spacial score (nSPS) is 14.9. The van der Waals surface area contributed by atoms with Gasteiger partial charge in [0.1, 0.15) is 24.6 Å². The predicted molar refractivity (Wildman–Crippen MR) is 131 cm³/mol. The zero-order valence-corrected chi connectivity index (χ0v) is 19.7. The van der Waals surface area contributed by atoms with Crippen LogP contribution in [0, 0.1) is 12.7 Å². The van der Waals surface area contributed by atoms with Crippen molar-refractivity contribution in [1.82, 2.24) is 30.0 Å². The fourth-order valence-corrected chi connectivity index (χ4v) is 4.49. The number of halogens is 1. The van der Waals surface area contributed by atoms with Crippen molar-refractivity contribution in [2.24, 2.45) is 9.98 Å². The van der Waals surface area contributed by atoms with Crippen LogP contribution in [-0.4, -0.2) is 57.1 Å². The molecule has 1 saturated heterocycles. The fraction of sp³-hybridized carbons (Fsp3) is 0.280. The summed E-state index contributed by atoms with van der Waals surface area (Å²) in [6.07, 6.45) is 4.07. The molecule has 10 nitrogen and oxygen atoms in total. The van der Waals surface area contributed by atoms with Gasteiger partial charge in [0.05, 0.1) is 28.5 Å². The van der Waals surface area contributed by atoms with E-state index in [9.17, 15) is 9.18 Å². The first-order valence-corrected chi connectivity index (χ1v) is 11.8. The first-order chi connectivity index (χ1) is 17.5. The zero-order chi connectivity index (χ0) is 24.6. The van der Waals surface area contributed by atoms with Gasteiger partial charge in [0.15, 0.2) is 5.65 Å². The number of anilines is 1. The second-order valence-electron chi connectivity index (χ2n) is 8.90. The number of benzene rings is 2. The summed E-state index contributed by atoms with van der Waals surface area (Å²) < 4.78 is 15.7. The Labute approximate surface area is 205 Å². The Kier molecular flexibility index (Phi) is 5.51. The van der Waals surface area contributed by atoms with Crippen molar-refractivity contribution in [3.63, 3.8) is 0 Å². The highest BCUT2D eigenvalue weighted by Gasteiger charge is 2.25. The van der Waals surface area contributed by atoms with Crippen LogP contribution in [0.2, 0.25) is 0 Å². The molecule has 2 amide bonds. The van der Waals surface area contributed by atoms with Crippen molar-refractivity contribution < 1.29 is 9.18 Å². The maximum atomic E-state index is 14.1. The van der Waals surface area contributed by atoms with Gasteiger partial charge in [0.2, 0.25) is 0 Å². The molecule has 4 heterocycles. The number of urea groups is 1. The summed E-state index contributed by atoms with van der Waals surface area (Å²) in [7, 11) is 0. The standard InChI is InChI=1S/C25H24FN9O/c1-16-3-5-18(10-20(16)26)35-12-19-23(32-35)30-14-31-24(19)33-7-2-8-34(15-33)25(36)27-11-17-4-6-21-22(9-17)29-13-28-21/h3-6,9-10,12,14H,2,7-8,11,13,15H2,1H3,(H,27,36). The van der Waals surface area contributed by atoms with Gasteiger partial charge in [-0.2, -0.15) is 0 Å². The average Bonchev–Trinajstić information content (AvgIpc) is 3.55. The molecule has 6 rings (SSSR count). The lowest BCUT2D eigenvalue weighted by Gasteiger charge is -2.36. The smallest absolute Gasteiger partial charge is 0.319 e. The van der Waals surface area contributed by atoms with E-state index in [1.807, 2.05) is 29.2 Å². The SMILES string of the molecule is Cc1ccc(-n2cc3c(N4CCCN(C(=O)NCc5ccc6c(c5)=NCN=6)C4)ncnc3n2)cc1F. The molecule has 4 aromatic rings. The second-order valence-corrected chi connectivity index (χ2v) is 8.90. The molecule has 2 aliphatic heterocycles. The van der Waals surface area contributed by atoms with Gasteiger partial charge in [-0.3, -0.25) is 9.98 Å². The van der Waals surface area contributed by atoms with E-state index in [1.165, 1.54) is 12.4 Å². The lowest BCUT2D eigenvalue weighted by molar-refractivity contribution is 0.189. The average molecular weight is 486 g/mol. The molecule has 0 atom stereocenters. The maximum Gasteiger partial charge on any atom is 0.319 e. The van der Waals surface area contributed by atoms with Crippen LogP contribution in [0.1, 0.15) is 17.5 Å². The number of nitrogens with zero attached hydrogens (tertiary/aromatic N) is 8. The van der Waals surface area contributed by atoms with Gasteiger partial charge in [-0.15, -0.1) is 5.10 Å². The van der Waals surface area contributed by atoms with Gasteiger partial charge in [-0.25, -0.2) is 23.8 Å². The van der Waals surface area contributed by atoms with Crippen LogP contribution in [0.5, 0.6) is 0 Å². The number of rotatable bonds is 4. The Morgan fingerprint density at radius 1 is 1.08 bits per heavy atom. The minimum absolute atomic E-state index is 0.141. The predicted octanol–water partition coefficient (Wildman–Crippen LogP) is 1.85. The molecule has 1 N–H and O–H groups in total. The topological polar surface area (TPSA) is 104 Å². The lowest BCUT2D eigenvalue weighted by atomic mass is 10.2. The van der Waals surface area contributed by atoms with Crippen LogP contribution in [0.25, 0.3) is 16.7 Å². The zero-order valence-electron chi connectivity index (χ0n) is 19.7.